The lowest BCUT2D eigenvalue weighted by molar-refractivity contribution is -0.116. The van der Waals surface area contributed by atoms with Crippen molar-refractivity contribution in [1.29, 1.82) is 0 Å². The van der Waals surface area contributed by atoms with E-state index in [2.05, 4.69) is 5.32 Å². The first kappa shape index (κ1) is 14.0. The Balaban J connectivity index is 1.94. The van der Waals surface area contributed by atoms with Crippen molar-refractivity contribution in [3.05, 3.63) is 50.7 Å². The molecule has 3 nitrogen and oxygen atoms in total. The van der Waals surface area contributed by atoms with E-state index in [0.717, 1.165) is 34.5 Å². The predicted molar refractivity (Wildman–Crippen MR) is 85.2 cm³/mol. The average Bonchev–Trinajstić information content (AvgIpc) is 2.68. The van der Waals surface area contributed by atoms with E-state index >= 15 is 0 Å². The van der Waals surface area contributed by atoms with Gasteiger partial charge in [-0.25, -0.2) is 0 Å². The minimum absolute atomic E-state index is 0.0531. The highest BCUT2D eigenvalue weighted by Gasteiger charge is 2.17. The van der Waals surface area contributed by atoms with E-state index in [1.165, 1.54) is 16.2 Å². The number of carbonyl (C=O) groups excluding carboxylic acids is 2. The van der Waals surface area contributed by atoms with Crippen molar-refractivity contribution in [2.45, 2.75) is 33.1 Å². The van der Waals surface area contributed by atoms with Crippen LogP contribution in [0, 0.1) is 13.8 Å². The largest absolute Gasteiger partial charge is 0.326 e. The van der Waals surface area contributed by atoms with Gasteiger partial charge in [0.25, 0.3) is 0 Å². The Morgan fingerprint density at radius 2 is 2.00 bits per heavy atom. The maximum absolute atomic E-state index is 12.6. The van der Waals surface area contributed by atoms with E-state index in [-0.39, 0.29) is 11.7 Å². The number of amides is 1. The number of ketones is 1. The molecule has 0 saturated carbocycles. The Morgan fingerprint density at radius 1 is 1.19 bits per heavy atom. The van der Waals surface area contributed by atoms with Crippen LogP contribution < -0.4 is 5.32 Å². The lowest BCUT2D eigenvalue weighted by Gasteiger charge is -2.08. The summed E-state index contributed by atoms with van der Waals surface area (Å²) in [6, 6.07) is 7.53. The van der Waals surface area contributed by atoms with Crippen LogP contribution in [-0.2, 0) is 11.2 Å². The van der Waals surface area contributed by atoms with Gasteiger partial charge in [-0.2, -0.15) is 0 Å². The van der Waals surface area contributed by atoms with Gasteiger partial charge < -0.3 is 5.32 Å². The van der Waals surface area contributed by atoms with Gasteiger partial charge in [-0.1, -0.05) is 0 Å². The summed E-state index contributed by atoms with van der Waals surface area (Å²) >= 11 is 1.54. The van der Waals surface area contributed by atoms with Crippen LogP contribution in [0.1, 0.15) is 44.1 Å². The van der Waals surface area contributed by atoms with Gasteiger partial charge in [-0.3, -0.25) is 9.59 Å². The first-order valence-electron chi connectivity index (χ1n) is 7.09. The third kappa shape index (κ3) is 2.76. The van der Waals surface area contributed by atoms with Gasteiger partial charge in [0.15, 0.2) is 0 Å². The minimum Gasteiger partial charge on any atom is -0.326 e. The van der Waals surface area contributed by atoms with E-state index < -0.39 is 0 Å². The number of rotatable bonds is 2. The first-order chi connectivity index (χ1) is 10.0. The topological polar surface area (TPSA) is 46.2 Å². The number of anilines is 1. The number of hydrogen-bond donors (Lipinski definition) is 1. The molecular formula is C17H17NO2S. The Morgan fingerprint density at radius 3 is 2.71 bits per heavy atom. The fraction of sp³-hybridized carbons (Fsp3) is 0.294. The molecule has 1 aliphatic heterocycles. The molecule has 2 heterocycles. The lowest BCUT2D eigenvalue weighted by atomic mass is 10.0. The third-order valence-corrected chi connectivity index (χ3v) is 5.03. The van der Waals surface area contributed by atoms with E-state index in [1.54, 1.807) is 6.07 Å². The SMILES string of the molecule is Cc1cc(C(=O)c2ccc3c(c2)CCCC(=O)N3)sc1C. The predicted octanol–water partition coefficient (Wildman–Crippen LogP) is 3.87. The molecule has 1 aromatic carbocycles. The smallest absolute Gasteiger partial charge is 0.224 e. The molecule has 1 N–H and O–H groups in total. The summed E-state index contributed by atoms with van der Waals surface area (Å²) in [7, 11) is 0. The molecule has 108 valence electrons. The van der Waals surface area contributed by atoms with Gasteiger partial charge in [0.05, 0.1) is 4.88 Å². The first-order valence-corrected chi connectivity index (χ1v) is 7.91. The highest BCUT2D eigenvalue weighted by Crippen LogP contribution is 2.27. The minimum atomic E-state index is 0.0531. The molecule has 4 heteroatoms. The fourth-order valence-corrected chi connectivity index (χ4v) is 3.54. The zero-order chi connectivity index (χ0) is 15.0. The quantitative estimate of drug-likeness (QED) is 0.856. The second-order valence-electron chi connectivity index (χ2n) is 5.45. The Bertz CT molecular complexity index is 711. The van der Waals surface area contributed by atoms with Crippen molar-refractivity contribution >= 4 is 28.7 Å². The van der Waals surface area contributed by atoms with Gasteiger partial charge in [-0.05, 0) is 62.1 Å². The molecule has 1 aromatic heterocycles. The zero-order valence-corrected chi connectivity index (χ0v) is 13.0. The number of hydrogen-bond acceptors (Lipinski definition) is 3. The van der Waals surface area contributed by atoms with Crippen molar-refractivity contribution < 1.29 is 9.59 Å². The van der Waals surface area contributed by atoms with Crippen LogP contribution in [0.4, 0.5) is 5.69 Å². The van der Waals surface area contributed by atoms with E-state index in [1.807, 2.05) is 32.0 Å². The Kier molecular flexibility index (Phi) is 3.64. The molecule has 0 spiro atoms. The molecule has 1 amide bonds. The number of nitrogens with one attached hydrogen (secondary N) is 1. The summed E-state index contributed by atoms with van der Waals surface area (Å²) in [5.74, 6) is 0.118. The van der Waals surface area contributed by atoms with Crippen LogP contribution in [0.2, 0.25) is 0 Å². The molecule has 0 atom stereocenters. The summed E-state index contributed by atoms with van der Waals surface area (Å²) in [5, 5.41) is 2.89. The van der Waals surface area contributed by atoms with E-state index in [4.69, 9.17) is 0 Å². The molecule has 2 aromatic rings. The van der Waals surface area contributed by atoms with Crippen LogP contribution in [0.3, 0.4) is 0 Å². The molecule has 21 heavy (non-hydrogen) atoms. The van der Waals surface area contributed by atoms with Gasteiger partial charge in [0.1, 0.15) is 0 Å². The fourth-order valence-electron chi connectivity index (χ4n) is 2.54. The third-order valence-electron chi connectivity index (χ3n) is 3.88. The second kappa shape index (κ2) is 5.45. The van der Waals surface area contributed by atoms with Crippen LogP contribution >= 0.6 is 11.3 Å². The lowest BCUT2D eigenvalue weighted by Crippen LogP contribution is -2.09. The standard InChI is InChI=1S/C17H17NO2S/c1-10-8-15(21-11(10)2)17(20)13-6-7-14-12(9-13)4-3-5-16(19)18-14/h6-9H,3-5H2,1-2H3,(H,18,19). The van der Waals surface area contributed by atoms with Crippen molar-refractivity contribution in [2.75, 3.05) is 5.32 Å². The summed E-state index contributed by atoms with van der Waals surface area (Å²) < 4.78 is 0. The highest BCUT2D eigenvalue weighted by molar-refractivity contribution is 7.14. The van der Waals surface area contributed by atoms with Gasteiger partial charge in [0, 0.05) is 22.5 Å². The van der Waals surface area contributed by atoms with Crippen LogP contribution in [-0.4, -0.2) is 11.7 Å². The molecule has 0 unspecified atom stereocenters. The summed E-state index contributed by atoms with van der Waals surface area (Å²) in [4.78, 5) is 26.1. The van der Waals surface area contributed by atoms with Crippen LogP contribution in [0.5, 0.6) is 0 Å². The molecular weight excluding hydrogens is 282 g/mol. The van der Waals surface area contributed by atoms with Crippen LogP contribution in [0.15, 0.2) is 24.3 Å². The van der Waals surface area contributed by atoms with Gasteiger partial charge in [0.2, 0.25) is 11.7 Å². The van der Waals surface area contributed by atoms with E-state index in [0.29, 0.717) is 12.0 Å². The molecule has 0 fully saturated rings. The summed E-state index contributed by atoms with van der Waals surface area (Å²) in [5.41, 5.74) is 3.75. The number of carbonyl (C=O) groups is 2. The van der Waals surface area contributed by atoms with Crippen LogP contribution in [0.25, 0.3) is 0 Å². The molecule has 0 radical (unpaired) electrons. The summed E-state index contributed by atoms with van der Waals surface area (Å²) in [6.45, 7) is 4.05. The number of thiophene rings is 1. The Labute approximate surface area is 128 Å². The molecule has 0 saturated heterocycles. The van der Waals surface area contributed by atoms with Crippen molar-refractivity contribution in [3.8, 4) is 0 Å². The van der Waals surface area contributed by atoms with Gasteiger partial charge in [-0.15, -0.1) is 11.3 Å². The maximum atomic E-state index is 12.6. The number of aryl methyl sites for hydroxylation is 3. The normalized spacial score (nSPS) is 14.3. The van der Waals surface area contributed by atoms with Gasteiger partial charge >= 0.3 is 0 Å². The zero-order valence-electron chi connectivity index (χ0n) is 12.2. The molecule has 3 rings (SSSR count). The molecule has 1 aliphatic rings. The van der Waals surface area contributed by atoms with Crippen molar-refractivity contribution in [1.82, 2.24) is 0 Å². The van der Waals surface area contributed by atoms with Crippen molar-refractivity contribution in [3.63, 3.8) is 0 Å². The highest BCUT2D eigenvalue weighted by atomic mass is 32.1. The van der Waals surface area contributed by atoms with Crippen molar-refractivity contribution in [2.24, 2.45) is 0 Å². The average molecular weight is 299 g/mol. The van der Waals surface area contributed by atoms with E-state index in [9.17, 15) is 9.59 Å². The maximum Gasteiger partial charge on any atom is 0.224 e. The monoisotopic (exact) mass is 299 g/mol. The molecule has 0 bridgehead atoms. The summed E-state index contributed by atoms with van der Waals surface area (Å²) in [6.07, 6.45) is 2.20. The number of fused-ring (bicyclic) bond motifs is 1. The Hall–Kier alpha value is -1.94. The molecule has 0 aliphatic carbocycles. The number of benzene rings is 1. The second-order valence-corrected chi connectivity index (χ2v) is 6.71.